The predicted molar refractivity (Wildman–Crippen MR) is 98.1 cm³/mol. The van der Waals surface area contributed by atoms with E-state index in [4.69, 9.17) is 18.6 Å². The highest BCUT2D eigenvalue weighted by atomic mass is 16.6. The summed E-state index contributed by atoms with van der Waals surface area (Å²) < 4.78 is 22.6. The summed E-state index contributed by atoms with van der Waals surface area (Å²) in [5.74, 6) is -1.73. The second-order valence-corrected chi connectivity index (χ2v) is 9.27. The van der Waals surface area contributed by atoms with Crippen molar-refractivity contribution in [2.45, 2.75) is 58.8 Å². The van der Waals surface area contributed by atoms with Crippen LogP contribution in [-0.2, 0) is 28.6 Å². The monoisotopic (exact) mass is 400 g/mol. The van der Waals surface area contributed by atoms with Crippen LogP contribution in [0.5, 0.6) is 0 Å². The zero-order valence-corrected chi connectivity index (χ0v) is 16.9. The minimum Gasteiger partial charge on any atom is -0.472 e. The van der Waals surface area contributed by atoms with Crippen molar-refractivity contribution >= 4 is 17.9 Å². The number of hydrogen-bond acceptors (Lipinski definition) is 7. The Hall–Kier alpha value is -2.57. The summed E-state index contributed by atoms with van der Waals surface area (Å²) in [4.78, 5) is 37.8. The summed E-state index contributed by atoms with van der Waals surface area (Å²) in [7, 11) is 0. The van der Waals surface area contributed by atoms with E-state index in [-0.39, 0.29) is 29.9 Å². The minimum absolute atomic E-state index is 0.198. The van der Waals surface area contributed by atoms with Gasteiger partial charge in [0.15, 0.2) is 0 Å². The van der Waals surface area contributed by atoms with Gasteiger partial charge in [-0.05, 0) is 31.9 Å². The molecule has 7 heteroatoms. The van der Waals surface area contributed by atoms with Gasteiger partial charge in [-0.25, -0.2) is 4.79 Å². The zero-order valence-electron chi connectivity index (χ0n) is 16.9. The van der Waals surface area contributed by atoms with Gasteiger partial charge >= 0.3 is 17.9 Å². The van der Waals surface area contributed by atoms with Gasteiger partial charge in [-0.15, -0.1) is 0 Å². The summed E-state index contributed by atoms with van der Waals surface area (Å²) >= 11 is 0. The Morgan fingerprint density at radius 1 is 1.17 bits per heavy atom. The molecule has 7 nitrogen and oxygen atoms in total. The van der Waals surface area contributed by atoms with Crippen LogP contribution >= 0.6 is 0 Å². The third-order valence-electron chi connectivity index (χ3n) is 7.49. The maximum Gasteiger partial charge on any atom is 0.334 e. The Bertz CT molecular complexity index is 944. The first kappa shape index (κ1) is 18.5. The highest BCUT2D eigenvalue weighted by molar-refractivity contribution is 5.91. The average Bonchev–Trinajstić information content (AvgIpc) is 3.28. The van der Waals surface area contributed by atoms with Crippen molar-refractivity contribution in [3.8, 4) is 0 Å². The van der Waals surface area contributed by atoms with E-state index < -0.39 is 29.0 Å². The van der Waals surface area contributed by atoms with Gasteiger partial charge < -0.3 is 18.6 Å². The molecule has 1 aromatic rings. The standard InChI is InChI=1S/C22H24O7/c1-10-15-14(16(29-19(10)24)12-5-6-26-9-12)17(27-11(2)23)18-21(15,3)7-13-8-22(18,4)20(25)28-13/h5-6,9,13-14,16-18H,7-8H2,1-4H3/t13-,14-,16+,17-,18-,21+,22-/m0/s1. The van der Waals surface area contributed by atoms with Crippen molar-refractivity contribution in [2.24, 2.45) is 22.7 Å². The Kier molecular flexibility index (Phi) is 3.65. The molecule has 3 heterocycles. The molecule has 2 aliphatic heterocycles. The van der Waals surface area contributed by atoms with Crippen molar-refractivity contribution in [1.29, 1.82) is 0 Å². The molecule has 2 bridgehead atoms. The predicted octanol–water partition coefficient (Wildman–Crippen LogP) is 3.10. The van der Waals surface area contributed by atoms with Gasteiger partial charge in [0.25, 0.3) is 0 Å². The third kappa shape index (κ3) is 2.27. The number of rotatable bonds is 2. The summed E-state index contributed by atoms with van der Waals surface area (Å²) in [6.07, 6.45) is 2.83. The van der Waals surface area contributed by atoms with Crippen LogP contribution in [0.3, 0.4) is 0 Å². The van der Waals surface area contributed by atoms with Crippen LogP contribution in [0.15, 0.2) is 34.2 Å². The normalized spacial score (nSPS) is 42.8. The third-order valence-corrected chi connectivity index (χ3v) is 7.49. The van der Waals surface area contributed by atoms with Crippen LogP contribution < -0.4 is 0 Å². The molecule has 4 aliphatic rings. The van der Waals surface area contributed by atoms with Crippen molar-refractivity contribution in [3.05, 3.63) is 35.3 Å². The Morgan fingerprint density at radius 2 is 1.90 bits per heavy atom. The number of hydrogen-bond donors (Lipinski definition) is 0. The van der Waals surface area contributed by atoms with Gasteiger partial charge in [-0.3, -0.25) is 9.59 Å². The Morgan fingerprint density at radius 3 is 2.55 bits per heavy atom. The van der Waals surface area contributed by atoms with Crippen LogP contribution in [-0.4, -0.2) is 30.1 Å². The molecule has 7 atom stereocenters. The van der Waals surface area contributed by atoms with E-state index in [9.17, 15) is 14.4 Å². The smallest absolute Gasteiger partial charge is 0.334 e. The number of furan rings is 1. The molecule has 0 unspecified atom stereocenters. The van der Waals surface area contributed by atoms with Crippen molar-refractivity contribution in [1.82, 2.24) is 0 Å². The number of fused-ring (bicyclic) bond motifs is 6. The first-order valence-corrected chi connectivity index (χ1v) is 9.99. The van der Waals surface area contributed by atoms with Gasteiger partial charge in [-0.2, -0.15) is 0 Å². The number of cyclic esters (lactones) is 1. The second kappa shape index (κ2) is 5.74. The van der Waals surface area contributed by atoms with E-state index in [1.165, 1.54) is 13.2 Å². The fraction of sp³-hybridized carbons (Fsp3) is 0.591. The maximum atomic E-state index is 12.9. The highest BCUT2D eigenvalue weighted by Gasteiger charge is 2.72. The molecule has 0 radical (unpaired) electrons. The maximum absolute atomic E-state index is 12.9. The molecule has 154 valence electrons. The number of esters is 3. The molecule has 2 aliphatic carbocycles. The fourth-order valence-electron chi connectivity index (χ4n) is 6.74. The lowest BCUT2D eigenvalue weighted by atomic mass is 9.56. The van der Waals surface area contributed by atoms with Crippen LogP contribution in [0.4, 0.5) is 0 Å². The minimum atomic E-state index is -0.785. The van der Waals surface area contributed by atoms with Crippen LogP contribution in [0, 0.1) is 22.7 Å². The highest BCUT2D eigenvalue weighted by Crippen LogP contribution is 2.70. The molecule has 0 spiro atoms. The molecule has 0 N–H and O–H groups in total. The number of carbonyl (C=O) groups excluding carboxylic acids is 3. The van der Waals surface area contributed by atoms with Crippen LogP contribution in [0.1, 0.15) is 52.2 Å². The van der Waals surface area contributed by atoms with Crippen molar-refractivity contribution < 1.29 is 33.0 Å². The number of carbonyl (C=O) groups is 3. The van der Waals surface area contributed by atoms with Gasteiger partial charge in [0.05, 0.1) is 23.9 Å². The van der Waals surface area contributed by atoms with Crippen LogP contribution in [0.25, 0.3) is 0 Å². The van der Waals surface area contributed by atoms with Crippen molar-refractivity contribution in [3.63, 3.8) is 0 Å². The molecule has 29 heavy (non-hydrogen) atoms. The molecule has 0 amide bonds. The molecule has 0 aromatic carbocycles. The van der Waals surface area contributed by atoms with E-state index in [1.54, 1.807) is 19.3 Å². The Labute approximate surface area is 168 Å². The largest absolute Gasteiger partial charge is 0.472 e. The molecule has 5 rings (SSSR count). The van der Waals surface area contributed by atoms with Gasteiger partial charge in [0, 0.05) is 35.8 Å². The first-order chi connectivity index (χ1) is 13.7. The van der Waals surface area contributed by atoms with E-state index >= 15 is 0 Å². The molecule has 2 saturated carbocycles. The van der Waals surface area contributed by atoms with Gasteiger partial charge in [-0.1, -0.05) is 6.92 Å². The van der Waals surface area contributed by atoms with Gasteiger partial charge in [0.1, 0.15) is 18.3 Å². The van der Waals surface area contributed by atoms with Gasteiger partial charge in [0.2, 0.25) is 0 Å². The Balaban J connectivity index is 1.75. The second-order valence-electron chi connectivity index (χ2n) is 9.27. The fourth-order valence-corrected chi connectivity index (χ4v) is 6.74. The SMILES string of the molecule is CC(=O)O[C@H]1[C@H]2C(=C(C)C(=O)O[C@@H]2c2ccoc2)[C@@]2(C)C[C@H]3C[C@](C)(C(=O)O3)[C@@H]12. The molecular weight excluding hydrogens is 376 g/mol. The van der Waals surface area contributed by atoms with Crippen molar-refractivity contribution in [2.75, 3.05) is 0 Å². The van der Waals surface area contributed by atoms with E-state index in [0.29, 0.717) is 24.0 Å². The zero-order chi connectivity index (χ0) is 20.7. The summed E-state index contributed by atoms with van der Waals surface area (Å²) in [6, 6.07) is 1.76. The number of ether oxygens (including phenoxy) is 3. The summed E-state index contributed by atoms with van der Waals surface area (Å²) in [5.41, 5.74) is 0.872. The lowest BCUT2D eigenvalue weighted by molar-refractivity contribution is -0.167. The van der Waals surface area contributed by atoms with Crippen LogP contribution in [0.2, 0.25) is 0 Å². The molecular formula is C22H24O7. The van der Waals surface area contributed by atoms with E-state index in [0.717, 1.165) is 5.57 Å². The van der Waals surface area contributed by atoms with E-state index in [2.05, 4.69) is 6.92 Å². The molecule has 3 fully saturated rings. The first-order valence-electron chi connectivity index (χ1n) is 9.99. The van der Waals surface area contributed by atoms with E-state index in [1.807, 2.05) is 6.92 Å². The molecule has 1 aromatic heterocycles. The lowest BCUT2D eigenvalue weighted by Crippen LogP contribution is -2.49. The lowest BCUT2D eigenvalue weighted by Gasteiger charge is -2.45. The average molecular weight is 400 g/mol. The molecule has 1 saturated heterocycles. The summed E-state index contributed by atoms with van der Waals surface area (Å²) in [6.45, 7) is 7.10. The summed E-state index contributed by atoms with van der Waals surface area (Å²) in [5, 5.41) is 0. The topological polar surface area (TPSA) is 92.0 Å². The quantitative estimate of drug-likeness (QED) is 0.556.